The van der Waals surface area contributed by atoms with Crippen LogP contribution in [-0.4, -0.2) is 9.97 Å². The predicted octanol–water partition coefficient (Wildman–Crippen LogP) is 7.43. The second-order valence-corrected chi connectivity index (χ2v) is 8.66. The molecule has 0 N–H and O–H groups in total. The number of hydrogen-bond acceptors (Lipinski definition) is 3. The van der Waals surface area contributed by atoms with Gasteiger partial charge < -0.3 is 0 Å². The van der Waals surface area contributed by atoms with Gasteiger partial charge in [-0.1, -0.05) is 36.4 Å². The first-order chi connectivity index (χ1) is 14.2. The van der Waals surface area contributed by atoms with E-state index < -0.39 is 0 Å². The molecule has 0 fully saturated rings. The second-order valence-electron chi connectivity index (χ2n) is 7.57. The number of rotatable bonds is 1. The number of nitrogens with zero attached hydrogens (tertiary/aromatic N) is 2. The Morgan fingerprint density at radius 2 is 1.48 bits per heavy atom. The molecular formula is C26H18N2S. The van der Waals surface area contributed by atoms with E-state index in [0.717, 1.165) is 22.6 Å². The third kappa shape index (κ3) is 2.48. The highest BCUT2D eigenvalue weighted by molar-refractivity contribution is 7.25. The molecule has 0 radical (unpaired) electrons. The fourth-order valence-corrected chi connectivity index (χ4v) is 5.51. The van der Waals surface area contributed by atoms with Crippen LogP contribution in [0.3, 0.4) is 0 Å². The number of fused-ring (bicyclic) bond motifs is 6. The van der Waals surface area contributed by atoms with Gasteiger partial charge in [-0.05, 0) is 55.0 Å². The number of pyridine rings is 2. The van der Waals surface area contributed by atoms with E-state index in [1.165, 1.54) is 41.7 Å². The summed E-state index contributed by atoms with van der Waals surface area (Å²) in [6.07, 6.45) is 1.93. The van der Waals surface area contributed by atoms with E-state index >= 15 is 0 Å². The lowest BCUT2D eigenvalue weighted by atomic mass is 9.97. The van der Waals surface area contributed by atoms with Crippen LogP contribution in [0, 0.1) is 13.8 Å². The Hall–Kier alpha value is -3.30. The largest absolute Gasteiger partial charge is 0.258 e. The summed E-state index contributed by atoms with van der Waals surface area (Å²) in [7, 11) is 0. The van der Waals surface area contributed by atoms with E-state index in [9.17, 15) is 0 Å². The van der Waals surface area contributed by atoms with Crippen LogP contribution in [0.2, 0.25) is 0 Å². The molecule has 0 saturated carbocycles. The van der Waals surface area contributed by atoms with Crippen LogP contribution in [0.1, 0.15) is 11.4 Å². The van der Waals surface area contributed by atoms with Crippen molar-refractivity contribution in [1.29, 1.82) is 0 Å². The zero-order valence-electron chi connectivity index (χ0n) is 16.2. The quantitative estimate of drug-likeness (QED) is 0.273. The van der Waals surface area contributed by atoms with Gasteiger partial charge in [-0.15, -0.1) is 11.3 Å². The second kappa shape index (κ2) is 6.10. The highest BCUT2D eigenvalue weighted by Gasteiger charge is 2.12. The van der Waals surface area contributed by atoms with Gasteiger partial charge in [-0.3, -0.25) is 9.97 Å². The van der Waals surface area contributed by atoms with Crippen LogP contribution in [0.5, 0.6) is 0 Å². The monoisotopic (exact) mass is 390 g/mol. The van der Waals surface area contributed by atoms with Crippen molar-refractivity contribution >= 4 is 53.1 Å². The fraction of sp³-hybridized carbons (Fsp3) is 0.0769. The lowest BCUT2D eigenvalue weighted by Gasteiger charge is -2.11. The SMILES string of the molecule is Cc1cc2c(ccc3c(-c4ccc5sc6ccccc6c5c4)nccc32)c(C)n1. The van der Waals surface area contributed by atoms with Crippen LogP contribution in [0.15, 0.2) is 72.9 Å². The minimum Gasteiger partial charge on any atom is -0.258 e. The first kappa shape index (κ1) is 16.6. The summed E-state index contributed by atoms with van der Waals surface area (Å²) in [5.74, 6) is 0. The van der Waals surface area contributed by atoms with Crippen molar-refractivity contribution in [3.63, 3.8) is 0 Å². The summed E-state index contributed by atoms with van der Waals surface area (Å²) in [5, 5.41) is 7.49. The summed E-state index contributed by atoms with van der Waals surface area (Å²) in [6, 6.07) is 24.0. The van der Waals surface area contributed by atoms with Crippen LogP contribution >= 0.6 is 11.3 Å². The number of hydrogen-bond donors (Lipinski definition) is 0. The summed E-state index contributed by atoms with van der Waals surface area (Å²) in [5.41, 5.74) is 4.32. The molecule has 0 aliphatic carbocycles. The zero-order chi connectivity index (χ0) is 19.5. The maximum Gasteiger partial charge on any atom is 0.0780 e. The maximum absolute atomic E-state index is 4.79. The molecule has 138 valence electrons. The lowest BCUT2D eigenvalue weighted by molar-refractivity contribution is 1.15. The Labute approximate surface area is 172 Å². The van der Waals surface area contributed by atoms with Crippen molar-refractivity contribution in [2.24, 2.45) is 0 Å². The van der Waals surface area contributed by atoms with Crippen molar-refractivity contribution in [3.05, 3.63) is 84.3 Å². The number of benzene rings is 3. The molecule has 3 heteroatoms. The molecule has 0 atom stereocenters. The number of aromatic nitrogens is 2. The van der Waals surface area contributed by atoms with Crippen LogP contribution in [0.4, 0.5) is 0 Å². The Balaban J connectivity index is 1.67. The predicted molar refractivity (Wildman–Crippen MR) is 125 cm³/mol. The fourth-order valence-electron chi connectivity index (χ4n) is 4.42. The smallest absolute Gasteiger partial charge is 0.0780 e. The number of thiophene rings is 1. The molecule has 2 nitrogen and oxygen atoms in total. The highest BCUT2D eigenvalue weighted by atomic mass is 32.1. The molecule has 0 unspecified atom stereocenters. The van der Waals surface area contributed by atoms with E-state index in [-0.39, 0.29) is 0 Å². The molecule has 29 heavy (non-hydrogen) atoms. The molecule has 0 spiro atoms. The topological polar surface area (TPSA) is 25.8 Å². The molecule has 3 heterocycles. The third-order valence-corrected chi connectivity index (χ3v) is 6.88. The standard InChI is InChI=1S/C26H18N2S/c1-15-13-22-18(16(2)28-15)8-9-21-19(22)11-12-27-26(21)17-7-10-25-23(14-17)20-5-3-4-6-24(20)29-25/h3-14H,1-2H3. The van der Waals surface area contributed by atoms with Gasteiger partial charge in [0.15, 0.2) is 0 Å². The molecule has 3 aromatic carbocycles. The molecule has 0 saturated heterocycles. The van der Waals surface area contributed by atoms with Crippen LogP contribution in [0.25, 0.3) is 53.0 Å². The first-order valence-corrected chi connectivity index (χ1v) is 10.6. The average Bonchev–Trinajstić information content (AvgIpc) is 3.11. The molecule has 6 rings (SSSR count). The normalized spacial score (nSPS) is 11.8. The lowest BCUT2D eigenvalue weighted by Crippen LogP contribution is -1.91. The minimum atomic E-state index is 1.04. The van der Waals surface area contributed by atoms with Crippen molar-refractivity contribution in [2.45, 2.75) is 13.8 Å². The minimum absolute atomic E-state index is 1.04. The van der Waals surface area contributed by atoms with Gasteiger partial charge >= 0.3 is 0 Å². The maximum atomic E-state index is 4.79. The van der Waals surface area contributed by atoms with Crippen molar-refractivity contribution in [3.8, 4) is 11.3 Å². The first-order valence-electron chi connectivity index (χ1n) is 9.76. The van der Waals surface area contributed by atoms with Crippen LogP contribution in [-0.2, 0) is 0 Å². The van der Waals surface area contributed by atoms with Gasteiger partial charge in [0.25, 0.3) is 0 Å². The molecule has 0 aliphatic rings. The van der Waals surface area contributed by atoms with Crippen molar-refractivity contribution in [1.82, 2.24) is 9.97 Å². The van der Waals surface area contributed by atoms with E-state index in [1.54, 1.807) is 0 Å². The van der Waals surface area contributed by atoms with Gasteiger partial charge in [0.05, 0.1) is 5.69 Å². The molecule has 0 bridgehead atoms. The van der Waals surface area contributed by atoms with Gasteiger partial charge in [0.2, 0.25) is 0 Å². The average molecular weight is 391 g/mol. The van der Waals surface area contributed by atoms with E-state index in [0.29, 0.717) is 0 Å². The summed E-state index contributed by atoms with van der Waals surface area (Å²) >= 11 is 1.85. The van der Waals surface area contributed by atoms with Gasteiger partial charge in [0.1, 0.15) is 0 Å². The van der Waals surface area contributed by atoms with Crippen LogP contribution < -0.4 is 0 Å². The van der Waals surface area contributed by atoms with E-state index in [4.69, 9.17) is 4.98 Å². The van der Waals surface area contributed by atoms with Crippen molar-refractivity contribution in [2.75, 3.05) is 0 Å². The van der Waals surface area contributed by atoms with Gasteiger partial charge in [-0.25, -0.2) is 0 Å². The van der Waals surface area contributed by atoms with E-state index in [1.807, 2.05) is 17.5 Å². The van der Waals surface area contributed by atoms with E-state index in [2.05, 4.69) is 85.6 Å². The molecule has 3 aromatic heterocycles. The Morgan fingerprint density at radius 1 is 0.655 bits per heavy atom. The number of aryl methyl sites for hydroxylation is 2. The summed E-state index contributed by atoms with van der Waals surface area (Å²) in [6.45, 7) is 4.14. The third-order valence-electron chi connectivity index (χ3n) is 5.72. The molecule has 0 aliphatic heterocycles. The van der Waals surface area contributed by atoms with Gasteiger partial charge in [0, 0.05) is 54.1 Å². The Kier molecular flexibility index (Phi) is 3.50. The van der Waals surface area contributed by atoms with Crippen molar-refractivity contribution < 1.29 is 0 Å². The summed E-state index contributed by atoms with van der Waals surface area (Å²) < 4.78 is 2.65. The highest BCUT2D eigenvalue weighted by Crippen LogP contribution is 2.38. The molecular weight excluding hydrogens is 372 g/mol. The molecule has 6 aromatic rings. The Bertz CT molecular complexity index is 1580. The Morgan fingerprint density at radius 3 is 2.41 bits per heavy atom. The van der Waals surface area contributed by atoms with Gasteiger partial charge in [-0.2, -0.15) is 0 Å². The zero-order valence-corrected chi connectivity index (χ0v) is 17.0. The molecule has 0 amide bonds. The summed E-state index contributed by atoms with van der Waals surface area (Å²) in [4.78, 5) is 9.42.